The fourth-order valence-corrected chi connectivity index (χ4v) is 2.77. The summed E-state index contributed by atoms with van der Waals surface area (Å²) in [5, 5.41) is 9.60. The molecule has 0 heterocycles. The van der Waals surface area contributed by atoms with Gasteiger partial charge < -0.3 is 14.7 Å². The van der Waals surface area contributed by atoms with Crippen LogP contribution in [-0.2, 0) is 16.6 Å². The molecule has 20 heavy (non-hydrogen) atoms. The lowest BCUT2D eigenvalue weighted by molar-refractivity contribution is -0.147. The molecule has 0 radical (unpaired) electrons. The average molecular weight is 277 g/mol. The zero-order valence-electron chi connectivity index (χ0n) is 12.5. The Morgan fingerprint density at radius 3 is 2.55 bits per heavy atom. The number of aliphatic carboxylic acids is 1. The van der Waals surface area contributed by atoms with Crippen LogP contribution in [0.2, 0.25) is 0 Å². The minimum atomic E-state index is -0.737. The average Bonchev–Trinajstić information content (AvgIpc) is 2.34. The molecule has 4 nitrogen and oxygen atoms in total. The van der Waals surface area contributed by atoms with E-state index in [-0.39, 0.29) is 0 Å². The van der Waals surface area contributed by atoms with E-state index in [1.54, 1.807) is 7.11 Å². The Morgan fingerprint density at radius 2 is 2.10 bits per heavy atom. The predicted octanol–water partition coefficient (Wildman–Crippen LogP) is 2.31. The molecule has 0 aliphatic heterocycles. The Labute approximate surface area is 120 Å². The van der Waals surface area contributed by atoms with Crippen LogP contribution in [-0.4, -0.2) is 43.7 Å². The van der Waals surface area contributed by atoms with Gasteiger partial charge in [-0.15, -0.1) is 0 Å². The highest BCUT2D eigenvalue weighted by atomic mass is 16.5. The molecule has 4 heteroatoms. The number of nitrogens with zero attached hydrogens (tertiary/aromatic N) is 1. The van der Waals surface area contributed by atoms with Gasteiger partial charge >= 0.3 is 5.97 Å². The third-order valence-corrected chi connectivity index (χ3v) is 4.24. The van der Waals surface area contributed by atoms with Crippen LogP contribution < -0.4 is 4.74 Å². The number of rotatable bonds is 6. The molecule has 0 saturated heterocycles. The van der Waals surface area contributed by atoms with E-state index in [9.17, 15) is 9.90 Å². The van der Waals surface area contributed by atoms with E-state index in [1.807, 2.05) is 32.3 Å². The highest BCUT2D eigenvalue weighted by molar-refractivity contribution is 5.83. The summed E-state index contributed by atoms with van der Waals surface area (Å²) in [4.78, 5) is 13.8. The summed E-state index contributed by atoms with van der Waals surface area (Å²) in [5.74, 6) is -0.0347. The van der Waals surface area contributed by atoms with Crippen molar-refractivity contribution in [3.8, 4) is 5.75 Å². The lowest BCUT2D eigenvalue weighted by Crippen LogP contribution is -2.42. The molecule has 0 aromatic heterocycles. The van der Waals surface area contributed by atoms with Crippen molar-refractivity contribution >= 4 is 5.97 Å². The Balaban J connectivity index is 2.34. The molecule has 1 fully saturated rings. The van der Waals surface area contributed by atoms with Gasteiger partial charge in [0.25, 0.3) is 0 Å². The van der Waals surface area contributed by atoms with Gasteiger partial charge in [-0.25, -0.2) is 0 Å². The van der Waals surface area contributed by atoms with Crippen molar-refractivity contribution in [1.82, 2.24) is 4.90 Å². The molecule has 1 saturated carbocycles. The monoisotopic (exact) mass is 277 g/mol. The summed E-state index contributed by atoms with van der Waals surface area (Å²) in [6.07, 6.45) is 3.29. The van der Waals surface area contributed by atoms with E-state index in [0.29, 0.717) is 18.6 Å². The van der Waals surface area contributed by atoms with Crippen LogP contribution in [0.4, 0.5) is 0 Å². The number of hydrogen-bond acceptors (Lipinski definition) is 3. The Kier molecular flexibility index (Phi) is 4.33. The number of hydrogen-bond donors (Lipinski definition) is 1. The smallest absolute Gasteiger partial charge is 0.314 e. The molecule has 0 spiro atoms. The van der Waals surface area contributed by atoms with Crippen LogP contribution in [0.25, 0.3) is 0 Å². The molecule has 1 aliphatic carbocycles. The summed E-state index contributed by atoms with van der Waals surface area (Å²) < 4.78 is 5.38. The minimum absolute atomic E-state index is 0.695. The maximum Gasteiger partial charge on any atom is 0.314 e. The van der Waals surface area contributed by atoms with Gasteiger partial charge in [-0.3, -0.25) is 4.79 Å². The van der Waals surface area contributed by atoms with Gasteiger partial charge in [0, 0.05) is 12.1 Å². The molecule has 1 N–H and O–H groups in total. The van der Waals surface area contributed by atoms with Gasteiger partial charge in [0.2, 0.25) is 0 Å². The molecule has 0 unspecified atom stereocenters. The lowest BCUT2D eigenvalue weighted by Gasteiger charge is -2.39. The first-order valence-electron chi connectivity index (χ1n) is 7.05. The number of carboxylic acid groups (broad SMARTS) is 1. The summed E-state index contributed by atoms with van der Waals surface area (Å²) in [6.45, 7) is 0.950. The van der Waals surface area contributed by atoms with Crippen molar-refractivity contribution in [2.75, 3.05) is 27.7 Å². The minimum Gasteiger partial charge on any atom is -0.496 e. The van der Waals surface area contributed by atoms with E-state index in [0.717, 1.165) is 24.9 Å². The molecular formula is C16H23NO3. The molecule has 110 valence electrons. The Bertz CT molecular complexity index is 492. The number of benzene rings is 1. The number of ether oxygens (including phenoxy) is 1. The maximum atomic E-state index is 11.7. The van der Waals surface area contributed by atoms with Crippen molar-refractivity contribution in [3.63, 3.8) is 0 Å². The first kappa shape index (κ1) is 14.9. The number of likely N-dealkylation sites (N-methyl/N-ethyl adjacent to an activating group) is 1. The standard InChI is InChI=1S/C16H23NO3/c1-17(2)10-7-12-5-6-14(20-3)13(11-12)16(15(18)19)8-4-9-16/h5-6,11H,4,7-10H2,1-3H3,(H,18,19). The fraction of sp³-hybridized carbons (Fsp3) is 0.562. The topological polar surface area (TPSA) is 49.8 Å². The Morgan fingerprint density at radius 1 is 1.40 bits per heavy atom. The Hall–Kier alpha value is -1.55. The number of carbonyl (C=O) groups is 1. The molecule has 0 amide bonds. The molecular weight excluding hydrogens is 254 g/mol. The normalized spacial score (nSPS) is 16.8. The largest absolute Gasteiger partial charge is 0.496 e. The summed E-state index contributed by atoms with van der Waals surface area (Å²) in [7, 11) is 5.68. The van der Waals surface area contributed by atoms with Gasteiger partial charge in [0.05, 0.1) is 12.5 Å². The van der Waals surface area contributed by atoms with Gasteiger partial charge in [0.1, 0.15) is 5.75 Å². The molecule has 0 bridgehead atoms. The zero-order valence-corrected chi connectivity index (χ0v) is 12.5. The second-order valence-corrected chi connectivity index (χ2v) is 5.83. The van der Waals surface area contributed by atoms with Crippen LogP contribution in [0.15, 0.2) is 18.2 Å². The number of carboxylic acids is 1. The van der Waals surface area contributed by atoms with Gasteiger partial charge in [-0.1, -0.05) is 18.6 Å². The third kappa shape index (κ3) is 2.66. The third-order valence-electron chi connectivity index (χ3n) is 4.24. The van der Waals surface area contributed by atoms with Gasteiger partial charge in [-0.2, -0.15) is 0 Å². The van der Waals surface area contributed by atoms with E-state index < -0.39 is 11.4 Å². The van der Waals surface area contributed by atoms with Crippen LogP contribution in [0.1, 0.15) is 30.4 Å². The van der Waals surface area contributed by atoms with Crippen molar-refractivity contribution in [2.24, 2.45) is 0 Å². The van der Waals surface area contributed by atoms with E-state index >= 15 is 0 Å². The quantitative estimate of drug-likeness (QED) is 0.867. The predicted molar refractivity (Wildman–Crippen MR) is 78.4 cm³/mol. The van der Waals surface area contributed by atoms with E-state index in [2.05, 4.69) is 4.90 Å². The van der Waals surface area contributed by atoms with Crippen LogP contribution in [0, 0.1) is 0 Å². The fourth-order valence-electron chi connectivity index (χ4n) is 2.77. The lowest BCUT2D eigenvalue weighted by atomic mass is 9.64. The van der Waals surface area contributed by atoms with Crippen LogP contribution >= 0.6 is 0 Å². The van der Waals surface area contributed by atoms with Gasteiger partial charge in [-0.05, 0) is 45.0 Å². The van der Waals surface area contributed by atoms with Gasteiger partial charge in [0.15, 0.2) is 0 Å². The van der Waals surface area contributed by atoms with Crippen molar-refractivity contribution < 1.29 is 14.6 Å². The summed E-state index contributed by atoms with van der Waals surface area (Å²) >= 11 is 0. The summed E-state index contributed by atoms with van der Waals surface area (Å²) in [6, 6.07) is 5.96. The summed E-state index contributed by atoms with van der Waals surface area (Å²) in [5.41, 5.74) is 1.27. The molecule has 1 aromatic carbocycles. The molecule has 1 aromatic rings. The second-order valence-electron chi connectivity index (χ2n) is 5.83. The van der Waals surface area contributed by atoms with Crippen molar-refractivity contribution in [3.05, 3.63) is 29.3 Å². The highest BCUT2D eigenvalue weighted by Crippen LogP contribution is 2.47. The first-order valence-corrected chi connectivity index (χ1v) is 7.05. The van der Waals surface area contributed by atoms with E-state index in [1.165, 1.54) is 5.56 Å². The maximum absolute atomic E-state index is 11.7. The highest BCUT2D eigenvalue weighted by Gasteiger charge is 2.47. The second kappa shape index (κ2) is 5.83. The van der Waals surface area contributed by atoms with Crippen LogP contribution in [0.3, 0.4) is 0 Å². The molecule has 2 rings (SSSR count). The zero-order chi connectivity index (χ0) is 14.8. The number of methoxy groups -OCH3 is 1. The van der Waals surface area contributed by atoms with Crippen molar-refractivity contribution in [2.45, 2.75) is 31.1 Å². The first-order chi connectivity index (χ1) is 9.49. The molecule has 0 atom stereocenters. The van der Waals surface area contributed by atoms with E-state index in [4.69, 9.17) is 4.74 Å². The molecule has 1 aliphatic rings. The van der Waals surface area contributed by atoms with Crippen LogP contribution in [0.5, 0.6) is 5.75 Å². The van der Waals surface area contributed by atoms with Crippen molar-refractivity contribution in [1.29, 1.82) is 0 Å². The SMILES string of the molecule is COc1ccc(CCN(C)C)cc1C1(C(=O)O)CCC1.